The van der Waals surface area contributed by atoms with E-state index in [2.05, 4.69) is 39.3 Å². The second-order valence-corrected chi connectivity index (χ2v) is 15.8. The van der Waals surface area contributed by atoms with Crippen molar-refractivity contribution >= 4 is 19.9 Å². The first-order chi connectivity index (χ1) is 13.9. The van der Waals surface area contributed by atoms with Crippen molar-refractivity contribution in [3.05, 3.63) is 0 Å². The van der Waals surface area contributed by atoms with Crippen LogP contribution >= 0.6 is 0 Å². The number of ketones is 2. The van der Waals surface area contributed by atoms with Crippen LogP contribution in [0.5, 0.6) is 0 Å². The first-order valence-corrected chi connectivity index (χ1v) is 14.9. The van der Waals surface area contributed by atoms with Gasteiger partial charge in [0.15, 0.2) is 0 Å². The van der Waals surface area contributed by atoms with E-state index in [9.17, 15) is 14.7 Å². The smallest absolute Gasteiger partial charge is 0.220 e. The third-order valence-corrected chi connectivity index (χ3v) is 11.5. The molecule has 0 saturated heterocycles. The number of aliphatic hydroxyl groups is 1. The van der Waals surface area contributed by atoms with Crippen molar-refractivity contribution in [3.63, 3.8) is 0 Å². The Kier molecular flexibility index (Phi) is 11.4. The van der Waals surface area contributed by atoms with Crippen LogP contribution in [0.1, 0.15) is 92.4 Å². The fourth-order valence-corrected chi connectivity index (χ4v) is 4.68. The number of carbonyl (C=O) groups excluding carboxylic acids is 2. The minimum Gasteiger partial charge on any atom is -0.394 e. The van der Waals surface area contributed by atoms with Gasteiger partial charge in [0.2, 0.25) is 19.9 Å². The van der Waals surface area contributed by atoms with Gasteiger partial charge in [-0.2, -0.15) is 0 Å². The van der Waals surface area contributed by atoms with E-state index >= 15 is 0 Å². The van der Waals surface area contributed by atoms with Crippen LogP contribution < -0.4 is 5.48 Å². The summed E-state index contributed by atoms with van der Waals surface area (Å²) >= 11 is 0. The van der Waals surface area contributed by atoms with Crippen molar-refractivity contribution < 1.29 is 19.2 Å². The van der Waals surface area contributed by atoms with Gasteiger partial charge >= 0.3 is 0 Å². The van der Waals surface area contributed by atoms with Gasteiger partial charge in [0.25, 0.3) is 0 Å². The number of unbranched alkanes of at least 4 members (excludes halogenated alkanes) is 1. The van der Waals surface area contributed by atoms with Crippen molar-refractivity contribution in [3.8, 4) is 0 Å². The lowest BCUT2D eigenvalue weighted by Gasteiger charge is -2.36. The molecule has 1 fully saturated rings. The van der Waals surface area contributed by atoms with Crippen LogP contribution in [-0.4, -0.2) is 37.6 Å². The Morgan fingerprint density at radius 1 is 1.07 bits per heavy atom. The fraction of sp³-hybridized carbons (Fsp3) is 0.917. The Labute approximate surface area is 185 Å². The van der Waals surface area contributed by atoms with Crippen LogP contribution in [-0.2, 0) is 14.1 Å². The summed E-state index contributed by atoms with van der Waals surface area (Å²) < 4.78 is 5.88. The average molecular weight is 442 g/mol. The number of carbonyl (C=O) groups is 2. The predicted octanol–water partition coefficient (Wildman–Crippen LogP) is 5.42. The van der Waals surface area contributed by atoms with E-state index in [1.54, 1.807) is 0 Å². The molecular formula is C24H47NO4Si. The van der Waals surface area contributed by atoms with Crippen molar-refractivity contribution in [2.24, 2.45) is 17.8 Å². The maximum Gasteiger partial charge on any atom is 0.220 e. The predicted molar refractivity (Wildman–Crippen MR) is 126 cm³/mol. The van der Waals surface area contributed by atoms with Gasteiger partial charge in [-0.3, -0.25) is 9.59 Å². The molecule has 0 bridgehead atoms. The van der Waals surface area contributed by atoms with Gasteiger partial charge in [-0.25, -0.2) is 5.48 Å². The summed E-state index contributed by atoms with van der Waals surface area (Å²) in [5.41, 5.74) is 2.74. The third-order valence-electron chi connectivity index (χ3n) is 7.25. The number of hydrogen-bond donors (Lipinski definition) is 2. The molecule has 30 heavy (non-hydrogen) atoms. The SMILES string of the molecule is CC(C)[C@H](CCCCC1CCCCC1)C(=O)C(=O)[C@H](CO)NO[Si](C)(C)C(C)(C)C. The normalized spacial score (nSPS) is 18.4. The summed E-state index contributed by atoms with van der Waals surface area (Å²) in [6.45, 7) is 14.0. The van der Waals surface area contributed by atoms with Crippen LogP contribution in [0, 0.1) is 17.8 Å². The topological polar surface area (TPSA) is 75.6 Å². The minimum absolute atomic E-state index is 0.0358. The first kappa shape index (κ1) is 27.5. The molecular weight excluding hydrogens is 394 g/mol. The van der Waals surface area contributed by atoms with Crippen LogP contribution in [0.25, 0.3) is 0 Å². The zero-order valence-corrected chi connectivity index (χ0v) is 21.6. The number of Topliss-reactive ketones (excluding diaryl/α,β-unsaturated/α-hetero) is 2. The summed E-state index contributed by atoms with van der Waals surface area (Å²) in [5.74, 6) is -0.247. The monoisotopic (exact) mass is 441 g/mol. The summed E-state index contributed by atoms with van der Waals surface area (Å²) in [6, 6.07) is -0.991. The molecule has 0 aliphatic heterocycles. The molecule has 1 aliphatic carbocycles. The summed E-state index contributed by atoms with van der Waals surface area (Å²) in [4.78, 5) is 25.8. The van der Waals surface area contributed by atoms with Crippen LogP contribution in [0.4, 0.5) is 0 Å². The zero-order valence-electron chi connectivity index (χ0n) is 20.6. The molecule has 0 radical (unpaired) electrons. The van der Waals surface area contributed by atoms with Crippen LogP contribution in [0.2, 0.25) is 18.1 Å². The zero-order chi connectivity index (χ0) is 22.9. The van der Waals surface area contributed by atoms with E-state index < -0.39 is 26.7 Å². The van der Waals surface area contributed by atoms with Crippen molar-refractivity contribution in [2.45, 2.75) is 117 Å². The molecule has 0 aromatic heterocycles. The van der Waals surface area contributed by atoms with Gasteiger partial charge in [0.1, 0.15) is 6.04 Å². The van der Waals surface area contributed by atoms with Gasteiger partial charge < -0.3 is 9.63 Å². The number of aliphatic hydroxyl groups excluding tert-OH is 1. The van der Waals surface area contributed by atoms with E-state index in [0.717, 1.165) is 25.2 Å². The van der Waals surface area contributed by atoms with Crippen molar-refractivity contribution in [1.29, 1.82) is 0 Å². The third kappa shape index (κ3) is 8.52. The summed E-state index contributed by atoms with van der Waals surface area (Å²) in [7, 11) is -2.14. The van der Waals surface area contributed by atoms with E-state index in [1.165, 1.54) is 38.5 Å². The number of nitrogens with one attached hydrogen (secondary N) is 1. The summed E-state index contributed by atoms with van der Waals surface area (Å²) in [6.07, 6.45) is 10.9. The highest BCUT2D eigenvalue weighted by molar-refractivity contribution is 6.74. The lowest BCUT2D eigenvalue weighted by molar-refractivity contribution is -0.143. The average Bonchev–Trinajstić information content (AvgIpc) is 2.67. The molecule has 1 saturated carbocycles. The van der Waals surface area contributed by atoms with Crippen LogP contribution in [0.15, 0.2) is 0 Å². The number of hydroxylamine groups is 1. The molecule has 0 amide bonds. The van der Waals surface area contributed by atoms with Gasteiger partial charge in [0.05, 0.1) is 6.61 Å². The number of rotatable bonds is 13. The van der Waals surface area contributed by atoms with Gasteiger partial charge in [-0.1, -0.05) is 86.0 Å². The Morgan fingerprint density at radius 3 is 2.17 bits per heavy atom. The standard InChI is InChI=1S/C24H47NO4Si/c1-18(2)20(16-12-11-15-19-13-9-8-10-14-19)22(27)23(28)21(17-26)25-29-30(6,7)24(3,4)5/h18-21,25-26H,8-17H2,1-7H3/t20-,21-/m0/s1. The molecule has 0 unspecified atom stereocenters. The molecule has 2 N–H and O–H groups in total. The second-order valence-electron chi connectivity index (χ2n) is 11.1. The fourth-order valence-electron chi connectivity index (χ4n) is 3.94. The Bertz CT molecular complexity index is 536. The molecule has 0 heterocycles. The van der Waals surface area contributed by atoms with E-state index in [0.29, 0.717) is 0 Å². The van der Waals surface area contributed by atoms with Crippen molar-refractivity contribution in [2.75, 3.05) is 6.61 Å². The molecule has 1 rings (SSSR count). The molecule has 0 aromatic carbocycles. The number of hydrogen-bond acceptors (Lipinski definition) is 5. The Hall–Kier alpha value is -0.563. The molecule has 0 aromatic rings. The summed E-state index contributed by atoms with van der Waals surface area (Å²) in [5, 5.41) is 9.69. The van der Waals surface area contributed by atoms with Gasteiger partial charge in [-0.05, 0) is 36.4 Å². The lowest BCUT2D eigenvalue weighted by Crippen LogP contribution is -2.52. The molecule has 5 nitrogen and oxygen atoms in total. The Balaban J connectivity index is 2.59. The van der Waals surface area contributed by atoms with E-state index in [1.807, 2.05) is 13.8 Å². The Morgan fingerprint density at radius 2 is 1.67 bits per heavy atom. The van der Waals surface area contributed by atoms with E-state index in [-0.39, 0.29) is 22.7 Å². The minimum atomic E-state index is -2.14. The maximum absolute atomic E-state index is 13.0. The molecule has 176 valence electrons. The highest BCUT2D eigenvalue weighted by Gasteiger charge is 2.40. The lowest BCUT2D eigenvalue weighted by atomic mass is 9.82. The van der Waals surface area contributed by atoms with Gasteiger partial charge in [-0.15, -0.1) is 0 Å². The quantitative estimate of drug-likeness (QED) is 0.173. The maximum atomic E-state index is 13.0. The largest absolute Gasteiger partial charge is 0.394 e. The highest BCUT2D eigenvalue weighted by Crippen LogP contribution is 2.36. The highest BCUT2D eigenvalue weighted by atomic mass is 28.4. The van der Waals surface area contributed by atoms with Crippen molar-refractivity contribution in [1.82, 2.24) is 5.48 Å². The first-order valence-electron chi connectivity index (χ1n) is 12.0. The van der Waals surface area contributed by atoms with E-state index in [4.69, 9.17) is 4.53 Å². The molecule has 2 atom stereocenters. The molecule has 1 aliphatic rings. The second kappa shape index (κ2) is 12.5. The molecule has 0 spiro atoms. The molecule has 6 heteroatoms. The van der Waals surface area contributed by atoms with Crippen LogP contribution in [0.3, 0.4) is 0 Å². The van der Waals surface area contributed by atoms with Gasteiger partial charge in [0, 0.05) is 5.92 Å².